The number of aromatic nitrogens is 3. The van der Waals surface area contributed by atoms with Gasteiger partial charge < -0.3 is 19.5 Å². The number of ether oxygens (including phenoxy) is 3. The van der Waals surface area contributed by atoms with Gasteiger partial charge in [-0.1, -0.05) is 12.1 Å². The molecule has 4 rings (SSSR count). The van der Waals surface area contributed by atoms with E-state index in [1.165, 1.54) is 0 Å². The summed E-state index contributed by atoms with van der Waals surface area (Å²) in [6.45, 7) is 4.17. The van der Waals surface area contributed by atoms with Gasteiger partial charge in [0.2, 0.25) is 0 Å². The van der Waals surface area contributed by atoms with E-state index < -0.39 is 0 Å². The molecule has 0 atom stereocenters. The normalized spacial score (nSPS) is 14.0. The standard InChI is InChI=1S/C22H24N4O4/c1-22(2)11-15-5-4-6-17(20(15)30-22)29-13-19(27)23-12-18-24-21(26-25-18)14-7-9-16(28-3)10-8-14/h4-10H,11-13H2,1-3H3,(H,23,27)(H,24,25,26). The molecule has 2 heterocycles. The van der Waals surface area contributed by atoms with Gasteiger partial charge in [0.25, 0.3) is 5.91 Å². The van der Waals surface area contributed by atoms with Crippen LogP contribution in [0.1, 0.15) is 25.2 Å². The predicted molar refractivity (Wildman–Crippen MR) is 111 cm³/mol. The first-order valence-corrected chi connectivity index (χ1v) is 9.70. The minimum atomic E-state index is -0.266. The average molecular weight is 408 g/mol. The molecule has 156 valence electrons. The summed E-state index contributed by atoms with van der Waals surface area (Å²) in [6.07, 6.45) is 0.813. The molecule has 1 aromatic heterocycles. The van der Waals surface area contributed by atoms with Crippen molar-refractivity contribution < 1.29 is 19.0 Å². The number of para-hydroxylation sites is 1. The molecule has 1 amide bonds. The van der Waals surface area contributed by atoms with E-state index >= 15 is 0 Å². The van der Waals surface area contributed by atoms with Gasteiger partial charge in [0.05, 0.1) is 13.7 Å². The Morgan fingerprint density at radius 1 is 1.23 bits per heavy atom. The van der Waals surface area contributed by atoms with Gasteiger partial charge in [0.1, 0.15) is 17.2 Å². The number of rotatable bonds is 7. The van der Waals surface area contributed by atoms with Gasteiger partial charge in [-0.3, -0.25) is 9.89 Å². The second-order valence-corrected chi connectivity index (χ2v) is 7.68. The topological polar surface area (TPSA) is 98.4 Å². The van der Waals surface area contributed by atoms with Crippen LogP contribution in [0.25, 0.3) is 11.4 Å². The molecule has 30 heavy (non-hydrogen) atoms. The van der Waals surface area contributed by atoms with Crippen LogP contribution < -0.4 is 19.5 Å². The van der Waals surface area contributed by atoms with Crippen LogP contribution in [0, 0.1) is 0 Å². The molecule has 0 saturated carbocycles. The lowest BCUT2D eigenvalue weighted by molar-refractivity contribution is -0.123. The van der Waals surface area contributed by atoms with Crippen LogP contribution in [0.4, 0.5) is 0 Å². The molecular formula is C22H24N4O4. The number of carbonyl (C=O) groups is 1. The zero-order valence-electron chi connectivity index (χ0n) is 17.2. The van der Waals surface area contributed by atoms with Crippen LogP contribution in [-0.4, -0.2) is 40.4 Å². The van der Waals surface area contributed by atoms with Crippen LogP contribution in [0.5, 0.6) is 17.2 Å². The van der Waals surface area contributed by atoms with E-state index in [1.807, 2.05) is 56.3 Å². The Bertz CT molecular complexity index is 1040. The highest BCUT2D eigenvalue weighted by molar-refractivity contribution is 5.77. The maximum Gasteiger partial charge on any atom is 0.258 e. The van der Waals surface area contributed by atoms with Gasteiger partial charge in [0, 0.05) is 17.5 Å². The number of hydrogen-bond donors (Lipinski definition) is 2. The number of H-pyrrole nitrogens is 1. The van der Waals surface area contributed by atoms with Crippen molar-refractivity contribution in [3.05, 3.63) is 53.9 Å². The fraction of sp³-hybridized carbons (Fsp3) is 0.318. The van der Waals surface area contributed by atoms with Gasteiger partial charge in [-0.2, -0.15) is 5.10 Å². The SMILES string of the molecule is COc1ccc(-c2n[nH]c(CNC(=O)COc3cccc4c3OC(C)(C)C4)n2)cc1. The molecule has 0 saturated heterocycles. The van der Waals surface area contributed by atoms with Gasteiger partial charge in [0.15, 0.2) is 23.9 Å². The summed E-state index contributed by atoms with van der Waals surface area (Å²) in [6, 6.07) is 13.2. The van der Waals surface area contributed by atoms with Crippen molar-refractivity contribution in [1.29, 1.82) is 0 Å². The second kappa shape index (κ2) is 8.06. The molecule has 1 aliphatic heterocycles. The van der Waals surface area contributed by atoms with Crippen LogP contribution in [0.15, 0.2) is 42.5 Å². The van der Waals surface area contributed by atoms with Crippen LogP contribution in [0.3, 0.4) is 0 Å². The Hall–Kier alpha value is -3.55. The number of aromatic amines is 1. The van der Waals surface area contributed by atoms with Crippen molar-refractivity contribution in [3.63, 3.8) is 0 Å². The molecule has 8 nitrogen and oxygen atoms in total. The van der Waals surface area contributed by atoms with Crippen molar-refractivity contribution >= 4 is 5.91 Å². The molecule has 0 fully saturated rings. The van der Waals surface area contributed by atoms with E-state index in [1.54, 1.807) is 7.11 Å². The Morgan fingerprint density at radius 3 is 2.80 bits per heavy atom. The highest BCUT2D eigenvalue weighted by atomic mass is 16.5. The number of methoxy groups -OCH3 is 1. The number of nitrogens with one attached hydrogen (secondary N) is 2. The smallest absolute Gasteiger partial charge is 0.258 e. The van der Waals surface area contributed by atoms with Crippen molar-refractivity contribution in [2.45, 2.75) is 32.4 Å². The summed E-state index contributed by atoms with van der Waals surface area (Å²) in [5.41, 5.74) is 1.68. The molecule has 2 aromatic carbocycles. The molecule has 0 radical (unpaired) electrons. The molecule has 0 bridgehead atoms. The molecule has 3 aromatic rings. The molecule has 0 aliphatic carbocycles. The lowest BCUT2D eigenvalue weighted by Gasteiger charge is -2.18. The monoisotopic (exact) mass is 408 g/mol. The molecule has 8 heteroatoms. The van der Waals surface area contributed by atoms with Crippen molar-refractivity contribution in [3.8, 4) is 28.6 Å². The molecule has 1 aliphatic rings. The summed E-state index contributed by atoms with van der Waals surface area (Å²) < 4.78 is 16.8. The van der Waals surface area contributed by atoms with Crippen LogP contribution in [0.2, 0.25) is 0 Å². The van der Waals surface area contributed by atoms with Gasteiger partial charge >= 0.3 is 0 Å². The Morgan fingerprint density at radius 2 is 2.03 bits per heavy atom. The van der Waals surface area contributed by atoms with Crippen LogP contribution in [-0.2, 0) is 17.8 Å². The van der Waals surface area contributed by atoms with Crippen LogP contribution >= 0.6 is 0 Å². The number of hydrogen-bond acceptors (Lipinski definition) is 6. The van der Waals surface area contributed by atoms with E-state index in [4.69, 9.17) is 14.2 Å². The van der Waals surface area contributed by atoms with E-state index in [0.29, 0.717) is 17.4 Å². The first-order valence-electron chi connectivity index (χ1n) is 9.70. The van der Waals surface area contributed by atoms with Gasteiger partial charge in [-0.15, -0.1) is 0 Å². The van der Waals surface area contributed by atoms with Crippen molar-refractivity contribution in [2.75, 3.05) is 13.7 Å². The lowest BCUT2D eigenvalue weighted by Crippen LogP contribution is -2.29. The Balaban J connectivity index is 1.30. The highest BCUT2D eigenvalue weighted by Gasteiger charge is 2.32. The maximum atomic E-state index is 12.2. The van der Waals surface area contributed by atoms with Gasteiger partial charge in [-0.05, 0) is 44.2 Å². The van der Waals surface area contributed by atoms with E-state index in [9.17, 15) is 4.79 Å². The minimum Gasteiger partial charge on any atom is -0.497 e. The summed E-state index contributed by atoms with van der Waals surface area (Å²) in [7, 11) is 1.62. The first-order chi connectivity index (χ1) is 14.4. The average Bonchev–Trinajstić information content (AvgIpc) is 3.33. The summed E-state index contributed by atoms with van der Waals surface area (Å²) in [5.74, 6) is 2.91. The molecule has 2 N–H and O–H groups in total. The third-order valence-corrected chi connectivity index (χ3v) is 4.75. The fourth-order valence-corrected chi connectivity index (χ4v) is 3.32. The molecule has 0 unspecified atom stereocenters. The lowest BCUT2D eigenvalue weighted by atomic mass is 10.0. The van der Waals surface area contributed by atoms with Crippen molar-refractivity contribution in [2.24, 2.45) is 0 Å². The third kappa shape index (κ3) is 4.37. The quantitative estimate of drug-likeness (QED) is 0.624. The van der Waals surface area contributed by atoms with Gasteiger partial charge in [-0.25, -0.2) is 4.98 Å². The number of nitrogens with zero attached hydrogens (tertiary/aromatic N) is 2. The summed E-state index contributed by atoms with van der Waals surface area (Å²) >= 11 is 0. The Labute approximate surface area is 174 Å². The second-order valence-electron chi connectivity index (χ2n) is 7.68. The minimum absolute atomic E-state index is 0.111. The maximum absolute atomic E-state index is 12.2. The first kappa shape index (κ1) is 19.8. The number of carbonyl (C=O) groups excluding carboxylic acids is 1. The zero-order valence-corrected chi connectivity index (χ0v) is 17.2. The Kier molecular flexibility index (Phi) is 5.31. The largest absolute Gasteiger partial charge is 0.497 e. The summed E-state index contributed by atoms with van der Waals surface area (Å²) in [5, 5.41) is 9.81. The van der Waals surface area contributed by atoms with Crippen molar-refractivity contribution in [1.82, 2.24) is 20.5 Å². The summed E-state index contributed by atoms with van der Waals surface area (Å²) in [4.78, 5) is 16.6. The predicted octanol–water partition coefficient (Wildman–Crippen LogP) is 2.89. The third-order valence-electron chi connectivity index (χ3n) is 4.75. The molecular weight excluding hydrogens is 384 g/mol. The highest BCUT2D eigenvalue weighted by Crippen LogP contribution is 2.41. The van der Waals surface area contributed by atoms with E-state index in [0.717, 1.165) is 29.0 Å². The molecule has 0 spiro atoms. The number of fused-ring (bicyclic) bond motifs is 1. The number of amides is 1. The fourth-order valence-electron chi connectivity index (χ4n) is 3.32. The van der Waals surface area contributed by atoms with E-state index in [-0.39, 0.29) is 24.7 Å². The zero-order chi connectivity index (χ0) is 21.1. The number of benzene rings is 2. The van der Waals surface area contributed by atoms with E-state index in [2.05, 4.69) is 20.5 Å².